The number of benzene rings is 2. The highest BCUT2D eigenvalue weighted by Crippen LogP contribution is 2.13. The van der Waals surface area contributed by atoms with Gasteiger partial charge >= 0.3 is 0 Å². The molecule has 0 aliphatic carbocycles. The van der Waals surface area contributed by atoms with Crippen molar-refractivity contribution in [2.24, 2.45) is 5.92 Å². The Morgan fingerprint density at radius 2 is 1.76 bits per heavy atom. The fourth-order valence-electron chi connectivity index (χ4n) is 2.91. The lowest BCUT2D eigenvalue weighted by Crippen LogP contribution is -2.33. The molecule has 174 valence electrons. The SMILES string of the molecule is Cc1ccc(OCCN(C)C(=O)Cn2cc(NC(=O)C(C)COc3ccccc3)cn2)cc1. The maximum absolute atomic E-state index is 12.5. The Hall–Kier alpha value is -3.81. The van der Waals surface area contributed by atoms with Gasteiger partial charge in [0.25, 0.3) is 0 Å². The van der Waals surface area contributed by atoms with E-state index in [2.05, 4.69) is 10.4 Å². The number of rotatable bonds is 11. The first-order chi connectivity index (χ1) is 15.9. The molecule has 1 atom stereocenters. The van der Waals surface area contributed by atoms with Crippen LogP contribution in [0, 0.1) is 12.8 Å². The molecule has 0 saturated heterocycles. The quantitative estimate of drug-likeness (QED) is 0.484. The lowest BCUT2D eigenvalue weighted by atomic mass is 10.2. The van der Waals surface area contributed by atoms with Gasteiger partial charge in [0.1, 0.15) is 24.7 Å². The Kier molecular flexibility index (Phi) is 8.46. The van der Waals surface area contributed by atoms with E-state index >= 15 is 0 Å². The van der Waals surface area contributed by atoms with E-state index < -0.39 is 0 Å². The summed E-state index contributed by atoms with van der Waals surface area (Å²) in [7, 11) is 1.72. The first-order valence-corrected chi connectivity index (χ1v) is 10.9. The number of carbonyl (C=O) groups is 2. The maximum Gasteiger partial charge on any atom is 0.244 e. The van der Waals surface area contributed by atoms with Gasteiger partial charge in [-0.15, -0.1) is 0 Å². The van der Waals surface area contributed by atoms with Crippen molar-refractivity contribution in [3.05, 3.63) is 72.6 Å². The molecule has 0 aliphatic rings. The second kappa shape index (κ2) is 11.7. The highest BCUT2D eigenvalue weighted by atomic mass is 16.5. The first kappa shape index (κ1) is 23.8. The van der Waals surface area contributed by atoms with Crippen molar-refractivity contribution in [1.82, 2.24) is 14.7 Å². The molecule has 0 aliphatic heterocycles. The molecule has 2 amide bonds. The number of carbonyl (C=O) groups excluding carboxylic acids is 2. The topological polar surface area (TPSA) is 85.7 Å². The predicted octanol–water partition coefficient (Wildman–Crippen LogP) is 3.38. The monoisotopic (exact) mass is 450 g/mol. The van der Waals surface area contributed by atoms with Crippen LogP contribution in [0.2, 0.25) is 0 Å². The van der Waals surface area contributed by atoms with Gasteiger partial charge in [0.05, 0.1) is 31.0 Å². The molecule has 33 heavy (non-hydrogen) atoms. The molecule has 1 aromatic heterocycles. The molecule has 0 spiro atoms. The number of para-hydroxylation sites is 1. The van der Waals surface area contributed by atoms with Crippen molar-refractivity contribution in [1.29, 1.82) is 0 Å². The molecular formula is C25H30N4O4. The number of hydrogen-bond donors (Lipinski definition) is 1. The molecule has 1 heterocycles. The summed E-state index contributed by atoms with van der Waals surface area (Å²) in [5, 5.41) is 6.98. The molecule has 8 heteroatoms. The van der Waals surface area contributed by atoms with Crippen LogP contribution in [-0.4, -0.2) is 53.3 Å². The van der Waals surface area contributed by atoms with Gasteiger partial charge in [0.15, 0.2) is 0 Å². The number of anilines is 1. The van der Waals surface area contributed by atoms with Crippen LogP contribution in [-0.2, 0) is 16.1 Å². The van der Waals surface area contributed by atoms with E-state index in [1.54, 1.807) is 25.1 Å². The van der Waals surface area contributed by atoms with Crippen molar-refractivity contribution in [3.63, 3.8) is 0 Å². The summed E-state index contributed by atoms with van der Waals surface area (Å²) in [6.07, 6.45) is 3.16. The molecule has 0 saturated carbocycles. The third-order valence-electron chi connectivity index (χ3n) is 5.03. The lowest BCUT2D eigenvalue weighted by Gasteiger charge is -2.17. The van der Waals surface area contributed by atoms with Crippen LogP contribution in [0.15, 0.2) is 67.0 Å². The Morgan fingerprint density at radius 1 is 1.06 bits per heavy atom. The summed E-state index contributed by atoms with van der Waals surface area (Å²) < 4.78 is 12.8. The number of aryl methyl sites for hydroxylation is 1. The molecule has 3 rings (SSSR count). The van der Waals surface area contributed by atoms with Gasteiger partial charge in [0.2, 0.25) is 11.8 Å². The molecular weight excluding hydrogens is 420 g/mol. The zero-order valence-corrected chi connectivity index (χ0v) is 19.2. The largest absolute Gasteiger partial charge is 0.493 e. The van der Waals surface area contributed by atoms with Gasteiger partial charge in [-0.1, -0.05) is 42.8 Å². The van der Waals surface area contributed by atoms with Crippen molar-refractivity contribution >= 4 is 17.5 Å². The summed E-state index contributed by atoms with van der Waals surface area (Å²) >= 11 is 0. The predicted molar refractivity (Wildman–Crippen MR) is 126 cm³/mol. The third-order valence-corrected chi connectivity index (χ3v) is 5.03. The lowest BCUT2D eigenvalue weighted by molar-refractivity contribution is -0.131. The fraction of sp³-hybridized carbons (Fsp3) is 0.320. The summed E-state index contributed by atoms with van der Waals surface area (Å²) in [6, 6.07) is 17.1. The fourth-order valence-corrected chi connectivity index (χ4v) is 2.91. The zero-order valence-electron chi connectivity index (χ0n) is 19.2. The van der Waals surface area contributed by atoms with E-state index in [-0.39, 0.29) is 30.9 Å². The average Bonchev–Trinajstić information content (AvgIpc) is 3.25. The number of likely N-dealkylation sites (N-methyl/N-ethyl adjacent to an activating group) is 1. The number of nitrogens with zero attached hydrogens (tertiary/aromatic N) is 3. The highest BCUT2D eigenvalue weighted by molar-refractivity contribution is 5.92. The number of amides is 2. The Bertz CT molecular complexity index is 1030. The summed E-state index contributed by atoms with van der Waals surface area (Å²) in [5.41, 5.74) is 1.70. The molecule has 2 aromatic carbocycles. The van der Waals surface area contributed by atoms with Crippen LogP contribution in [0.3, 0.4) is 0 Å². The number of nitrogens with one attached hydrogen (secondary N) is 1. The van der Waals surface area contributed by atoms with Crippen LogP contribution < -0.4 is 14.8 Å². The maximum atomic E-state index is 12.5. The van der Waals surface area contributed by atoms with Gasteiger partial charge in [-0.25, -0.2) is 0 Å². The summed E-state index contributed by atoms with van der Waals surface area (Å²) in [5.74, 6) is 0.860. The third kappa shape index (κ3) is 7.68. The molecule has 8 nitrogen and oxygen atoms in total. The highest BCUT2D eigenvalue weighted by Gasteiger charge is 2.16. The van der Waals surface area contributed by atoms with E-state index in [9.17, 15) is 9.59 Å². The van der Waals surface area contributed by atoms with Crippen LogP contribution in [0.1, 0.15) is 12.5 Å². The Labute approximate surface area is 194 Å². The van der Waals surface area contributed by atoms with Gasteiger partial charge in [0, 0.05) is 13.2 Å². The van der Waals surface area contributed by atoms with Crippen LogP contribution in [0.5, 0.6) is 11.5 Å². The van der Waals surface area contributed by atoms with Crippen LogP contribution in [0.25, 0.3) is 0 Å². The molecule has 3 aromatic rings. The zero-order chi connectivity index (χ0) is 23.6. The minimum Gasteiger partial charge on any atom is -0.493 e. The van der Waals surface area contributed by atoms with Gasteiger partial charge < -0.3 is 19.7 Å². The summed E-state index contributed by atoms with van der Waals surface area (Å²) in [4.78, 5) is 26.5. The Morgan fingerprint density at radius 3 is 2.48 bits per heavy atom. The van der Waals surface area contributed by atoms with E-state index in [0.29, 0.717) is 18.8 Å². The second-order valence-electron chi connectivity index (χ2n) is 7.92. The van der Waals surface area contributed by atoms with Crippen molar-refractivity contribution in [3.8, 4) is 11.5 Å². The summed E-state index contributed by atoms with van der Waals surface area (Å²) in [6.45, 7) is 5.00. The van der Waals surface area contributed by atoms with E-state index in [1.165, 1.54) is 16.4 Å². The molecule has 1 unspecified atom stereocenters. The van der Waals surface area contributed by atoms with Crippen molar-refractivity contribution < 1.29 is 19.1 Å². The van der Waals surface area contributed by atoms with E-state index in [4.69, 9.17) is 9.47 Å². The second-order valence-corrected chi connectivity index (χ2v) is 7.92. The number of ether oxygens (including phenoxy) is 2. The van der Waals surface area contributed by atoms with Gasteiger partial charge in [-0.3, -0.25) is 14.3 Å². The molecule has 0 radical (unpaired) electrons. The molecule has 1 N–H and O–H groups in total. The molecule has 0 bridgehead atoms. The minimum atomic E-state index is -0.352. The van der Waals surface area contributed by atoms with Crippen molar-refractivity contribution in [2.75, 3.05) is 32.1 Å². The minimum absolute atomic E-state index is 0.0730. The van der Waals surface area contributed by atoms with E-state index in [1.807, 2.05) is 61.5 Å². The Balaban J connectivity index is 1.40. The smallest absolute Gasteiger partial charge is 0.244 e. The van der Waals surface area contributed by atoms with Crippen LogP contribution >= 0.6 is 0 Å². The molecule has 0 fully saturated rings. The van der Waals surface area contributed by atoms with Crippen LogP contribution in [0.4, 0.5) is 5.69 Å². The van der Waals surface area contributed by atoms with Gasteiger partial charge in [-0.2, -0.15) is 5.10 Å². The normalized spacial score (nSPS) is 11.5. The van der Waals surface area contributed by atoms with Gasteiger partial charge in [-0.05, 0) is 31.2 Å². The number of hydrogen-bond acceptors (Lipinski definition) is 5. The standard InChI is InChI=1S/C25H30N4O4/c1-19-9-11-23(12-10-19)32-14-13-28(3)24(30)17-29-16-21(15-26-29)27-25(31)20(2)18-33-22-7-5-4-6-8-22/h4-12,15-16,20H,13-14,17-18H2,1-3H3,(H,27,31). The first-order valence-electron chi connectivity index (χ1n) is 10.9. The average molecular weight is 451 g/mol. The number of aromatic nitrogens is 2. The van der Waals surface area contributed by atoms with E-state index in [0.717, 1.165) is 11.5 Å². The van der Waals surface area contributed by atoms with Crippen molar-refractivity contribution in [2.45, 2.75) is 20.4 Å².